The van der Waals surface area contributed by atoms with Gasteiger partial charge >= 0.3 is 0 Å². The maximum absolute atomic E-state index is 12.4. The highest BCUT2D eigenvalue weighted by Crippen LogP contribution is 2.35. The SMILES string of the molecule is O=C(CCN1C(=O)[C@H]2CC=CC[C@H]2C1=O)Nc1nc(-c2ccccc2Cl)cs1. The fourth-order valence-corrected chi connectivity index (χ4v) is 4.57. The molecule has 8 heteroatoms. The van der Waals surface area contributed by atoms with Gasteiger partial charge in [0.15, 0.2) is 5.13 Å². The van der Waals surface area contributed by atoms with Crippen LogP contribution in [0.5, 0.6) is 0 Å². The Labute approximate surface area is 171 Å². The van der Waals surface area contributed by atoms with Gasteiger partial charge < -0.3 is 5.32 Å². The second-order valence-corrected chi connectivity index (χ2v) is 8.07. The maximum Gasteiger partial charge on any atom is 0.233 e. The molecular weight excluding hydrogens is 398 g/mol. The van der Waals surface area contributed by atoms with Gasteiger partial charge in [0.2, 0.25) is 17.7 Å². The molecule has 1 aliphatic carbocycles. The molecule has 2 heterocycles. The summed E-state index contributed by atoms with van der Waals surface area (Å²) in [7, 11) is 0. The zero-order chi connectivity index (χ0) is 19.7. The van der Waals surface area contributed by atoms with E-state index in [-0.39, 0.29) is 42.5 Å². The zero-order valence-corrected chi connectivity index (χ0v) is 16.5. The van der Waals surface area contributed by atoms with Crippen LogP contribution in [0.3, 0.4) is 0 Å². The predicted molar refractivity (Wildman–Crippen MR) is 108 cm³/mol. The van der Waals surface area contributed by atoms with E-state index >= 15 is 0 Å². The number of aromatic nitrogens is 1. The van der Waals surface area contributed by atoms with Crippen LogP contribution < -0.4 is 5.32 Å². The van der Waals surface area contributed by atoms with Crippen molar-refractivity contribution in [3.05, 3.63) is 46.8 Å². The Bertz CT molecular complexity index is 945. The van der Waals surface area contributed by atoms with Crippen molar-refractivity contribution in [2.45, 2.75) is 19.3 Å². The molecule has 2 aromatic rings. The second kappa shape index (κ2) is 7.85. The minimum Gasteiger partial charge on any atom is -0.302 e. The van der Waals surface area contributed by atoms with Crippen molar-refractivity contribution in [3.63, 3.8) is 0 Å². The van der Waals surface area contributed by atoms with E-state index in [1.807, 2.05) is 35.7 Å². The molecule has 0 bridgehead atoms. The van der Waals surface area contributed by atoms with E-state index in [4.69, 9.17) is 11.6 Å². The average Bonchev–Trinajstić information content (AvgIpc) is 3.24. The molecule has 0 spiro atoms. The van der Waals surface area contributed by atoms with Crippen molar-refractivity contribution in [2.24, 2.45) is 11.8 Å². The Kier molecular flexibility index (Phi) is 5.28. The van der Waals surface area contributed by atoms with Crippen LogP contribution in [0.15, 0.2) is 41.8 Å². The molecule has 144 valence electrons. The number of imide groups is 1. The lowest BCUT2D eigenvalue weighted by molar-refractivity contribution is -0.140. The van der Waals surface area contributed by atoms with Crippen molar-refractivity contribution in [2.75, 3.05) is 11.9 Å². The van der Waals surface area contributed by atoms with Gasteiger partial charge in [0.05, 0.1) is 17.5 Å². The molecule has 1 aliphatic heterocycles. The Hall–Kier alpha value is -2.51. The summed E-state index contributed by atoms with van der Waals surface area (Å²) in [5.74, 6) is -1.14. The third-order valence-electron chi connectivity index (χ3n) is 5.06. The number of nitrogens with one attached hydrogen (secondary N) is 1. The molecule has 0 radical (unpaired) electrons. The van der Waals surface area contributed by atoms with Crippen molar-refractivity contribution in [1.29, 1.82) is 0 Å². The van der Waals surface area contributed by atoms with E-state index in [0.717, 1.165) is 5.56 Å². The van der Waals surface area contributed by atoms with E-state index in [9.17, 15) is 14.4 Å². The summed E-state index contributed by atoms with van der Waals surface area (Å²) < 4.78 is 0. The minimum absolute atomic E-state index is 0.0470. The highest BCUT2D eigenvalue weighted by Gasteiger charge is 2.46. The van der Waals surface area contributed by atoms with Crippen LogP contribution in [0.2, 0.25) is 5.02 Å². The molecule has 6 nitrogen and oxygen atoms in total. The van der Waals surface area contributed by atoms with Crippen LogP contribution in [0.1, 0.15) is 19.3 Å². The predicted octanol–water partition coefficient (Wildman–Crippen LogP) is 3.74. The Morgan fingerprint density at radius 1 is 1.18 bits per heavy atom. The van der Waals surface area contributed by atoms with Crippen molar-refractivity contribution < 1.29 is 14.4 Å². The van der Waals surface area contributed by atoms with E-state index in [1.165, 1.54) is 16.2 Å². The van der Waals surface area contributed by atoms with E-state index in [1.54, 1.807) is 6.07 Å². The second-order valence-electron chi connectivity index (χ2n) is 6.80. The van der Waals surface area contributed by atoms with Gasteiger partial charge in [-0.1, -0.05) is 42.0 Å². The molecule has 0 unspecified atom stereocenters. The van der Waals surface area contributed by atoms with Crippen LogP contribution in [0, 0.1) is 11.8 Å². The lowest BCUT2D eigenvalue weighted by atomic mass is 9.85. The van der Waals surface area contributed by atoms with Crippen molar-refractivity contribution in [1.82, 2.24) is 9.88 Å². The number of nitrogens with zero attached hydrogens (tertiary/aromatic N) is 2. The van der Waals surface area contributed by atoms with Gasteiger partial charge in [0, 0.05) is 28.9 Å². The van der Waals surface area contributed by atoms with E-state index in [0.29, 0.717) is 28.7 Å². The summed E-state index contributed by atoms with van der Waals surface area (Å²) in [6.45, 7) is 0.0965. The quantitative estimate of drug-likeness (QED) is 0.595. The normalized spacial score (nSPS) is 21.1. The molecule has 1 aromatic heterocycles. The highest BCUT2D eigenvalue weighted by molar-refractivity contribution is 7.14. The molecule has 1 aromatic carbocycles. The number of thiazole rings is 1. The summed E-state index contributed by atoms with van der Waals surface area (Å²) in [6, 6.07) is 7.36. The average molecular weight is 416 g/mol. The smallest absolute Gasteiger partial charge is 0.233 e. The number of allylic oxidation sites excluding steroid dienone is 2. The molecule has 1 N–H and O–H groups in total. The number of fused-ring (bicyclic) bond motifs is 1. The number of amides is 3. The summed E-state index contributed by atoms with van der Waals surface area (Å²) in [6.07, 6.45) is 5.14. The number of likely N-dealkylation sites (tertiary alicyclic amines) is 1. The number of rotatable bonds is 5. The Balaban J connectivity index is 1.35. The molecule has 2 atom stereocenters. The van der Waals surface area contributed by atoms with Crippen LogP contribution in [0.4, 0.5) is 5.13 Å². The number of halogens is 1. The Morgan fingerprint density at radius 2 is 1.86 bits per heavy atom. The van der Waals surface area contributed by atoms with E-state index in [2.05, 4.69) is 10.3 Å². The molecule has 3 amide bonds. The molecular formula is C20H18ClN3O3S. The molecule has 1 saturated heterocycles. The monoisotopic (exact) mass is 415 g/mol. The number of anilines is 1. The molecule has 2 aliphatic rings. The van der Waals surface area contributed by atoms with Crippen molar-refractivity contribution >= 4 is 45.8 Å². The molecule has 1 fully saturated rings. The molecule has 4 rings (SSSR count). The van der Waals surface area contributed by atoms with Gasteiger partial charge in [-0.05, 0) is 18.9 Å². The lowest BCUT2D eigenvalue weighted by Gasteiger charge is -2.14. The third kappa shape index (κ3) is 3.59. The standard InChI is InChI=1S/C20H18ClN3O3S/c21-15-8-4-3-7-14(15)16-11-28-20(22-16)23-17(25)9-10-24-18(26)12-5-1-2-6-13(12)19(24)27/h1-4,7-8,11-13H,5-6,9-10H2,(H,22,23,25)/t12-,13+. The van der Waals surface area contributed by atoms with E-state index < -0.39 is 0 Å². The van der Waals surface area contributed by atoms with Crippen molar-refractivity contribution in [3.8, 4) is 11.3 Å². The number of carbonyl (C=O) groups excluding carboxylic acids is 3. The zero-order valence-electron chi connectivity index (χ0n) is 14.9. The molecule has 0 saturated carbocycles. The van der Waals surface area contributed by atoms with Gasteiger partial charge in [-0.25, -0.2) is 4.98 Å². The fraction of sp³-hybridized carbons (Fsp3) is 0.300. The van der Waals surface area contributed by atoms with Crippen LogP contribution >= 0.6 is 22.9 Å². The van der Waals surface area contributed by atoms with Gasteiger partial charge in [-0.2, -0.15) is 0 Å². The first-order chi connectivity index (χ1) is 13.5. The highest BCUT2D eigenvalue weighted by atomic mass is 35.5. The fourth-order valence-electron chi connectivity index (χ4n) is 3.61. The van der Waals surface area contributed by atoms with Crippen LogP contribution in [-0.4, -0.2) is 34.2 Å². The first kappa shape index (κ1) is 18.8. The summed E-state index contributed by atoms with van der Waals surface area (Å²) >= 11 is 7.48. The third-order valence-corrected chi connectivity index (χ3v) is 6.15. The minimum atomic E-state index is -0.284. The number of hydrogen-bond acceptors (Lipinski definition) is 5. The van der Waals surface area contributed by atoms with Crippen LogP contribution in [-0.2, 0) is 14.4 Å². The topological polar surface area (TPSA) is 79.4 Å². The largest absolute Gasteiger partial charge is 0.302 e. The van der Waals surface area contributed by atoms with Gasteiger partial charge in [-0.3, -0.25) is 19.3 Å². The van der Waals surface area contributed by atoms with Gasteiger partial charge in [-0.15, -0.1) is 11.3 Å². The Morgan fingerprint density at radius 3 is 2.54 bits per heavy atom. The number of carbonyl (C=O) groups is 3. The first-order valence-electron chi connectivity index (χ1n) is 9.05. The number of benzene rings is 1. The summed E-state index contributed by atoms with van der Waals surface area (Å²) in [5, 5.41) is 5.60. The first-order valence-corrected chi connectivity index (χ1v) is 10.3. The summed E-state index contributed by atoms with van der Waals surface area (Å²) in [5.41, 5.74) is 1.48. The summed E-state index contributed by atoms with van der Waals surface area (Å²) in [4.78, 5) is 42.8. The maximum atomic E-state index is 12.4. The lowest BCUT2D eigenvalue weighted by Crippen LogP contribution is -2.34. The van der Waals surface area contributed by atoms with Gasteiger partial charge in [0.25, 0.3) is 0 Å². The number of hydrogen-bond donors (Lipinski definition) is 1. The van der Waals surface area contributed by atoms with Gasteiger partial charge in [0.1, 0.15) is 0 Å². The molecule has 28 heavy (non-hydrogen) atoms. The van der Waals surface area contributed by atoms with Crippen LogP contribution in [0.25, 0.3) is 11.3 Å².